The number of carbonyl (C=O) groups excluding carboxylic acids is 2. The lowest BCUT2D eigenvalue weighted by Crippen LogP contribution is -2.06. The third kappa shape index (κ3) is 7.41. The van der Waals surface area contributed by atoms with Gasteiger partial charge in [-0.05, 0) is 54.6 Å². The SMILES string of the molecule is CC(=O)Oc1c2ccccc2c(OC(C)=O)c2cc(S(=O)(=O)[O-])ccc12.c1ccc([S+](c2ccccc2)c2ccccc2)cc1. The summed E-state index contributed by atoms with van der Waals surface area (Å²) in [7, 11) is -4.74. The van der Waals surface area contributed by atoms with Gasteiger partial charge in [0, 0.05) is 35.4 Å². The Morgan fingerprint density at radius 2 is 0.889 bits per heavy atom. The first-order valence-electron chi connectivity index (χ1n) is 13.8. The molecule has 0 aromatic heterocycles. The molecule has 0 atom stereocenters. The van der Waals surface area contributed by atoms with E-state index in [4.69, 9.17) is 9.47 Å². The second-order valence-electron chi connectivity index (χ2n) is 9.80. The molecule has 0 heterocycles. The van der Waals surface area contributed by atoms with Crippen LogP contribution in [0.5, 0.6) is 11.5 Å². The molecule has 0 amide bonds. The first-order chi connectivity index (χ1) is 21.6. The van der Waals surface area contributed by atoms with Crippen molar-refractivity contribution in [3.05, 3.63) is 133 Å². The Labute approximate surface area is 264 Å². The molecule has 0 aliphatic carbocycles. The maximum atomic E-state index is 11.6. The summed E-state index contributed by atoms with van der Waals surface area (Å²) in [4.78, 5) is 26.7. The standard InChI is InChI=1S/C18H14O7S.C18H15S/c1-10(19)24-17-13-5-3-4-6-14(13)18(25-11(2)20)16-9-12(26(21,22)23)7-8-15(16)17;1-4-10-16(11-5-1)19(17-12-6-2-7-13-17)18-14-8-3-9-15-18/h3-9H,1-2H3,(H,21,22,23);1-15H/q;+1/p-1. The largest absolute Gasteiger partial charge is 0.744 e. The van der Waals surface area contributed by atoms with Crippen molar-refractivity contribution in [1.29, 1.82) is 0 Å². The molecule has 0 spiro atoms. The van der Waals surface area contributed by atoms with Crippen molar-refractivity contribution in [2.24, 2.45) is 0 Å². The fourth-order valence-electron chi connectivity index (χ4n) is 4.82. The van der Waals surface area contributed by atoms with E-state index in [-0.39, 0.29) is 27.8 Å². The molecule has 0 fully saturated rings. The summed E-state index contributed by atoms with van der Waals surface area (Å²) >= 11 is 0. The van der Waals surface area contributed by atoms with Crippen LogP contribution in [0.2, 0.25) is 0 Å². The fourth-order valence-corrected chi connectivity index (χ4v) is 7.42. The lowest BCUT2D eigenvalue weighted by atomic mass is 10.0. The molecule has 0 bridgehead atoms. The summed E-state index contributed by atoms with van der Waals surface area (Å²) in [6.45, 7) is 2.44. The molecular weight excluding hydrogens is 609 g/mol. The van der Waals surface area contributed by atoms with Gasteiger partial charge in [-0.1, -0.05) is 78.9 Å². The summed E-state index contributed by atoms with van der Waals surface area (Å²) in [5.41, 5.74) is 0. The topological polar surface area (TPSA) is 110 Å². The molecule has 0 aliphatic heterocycles. The summed E-state index contributed by atoms with van der Waals surface area (Å²) in [5.74, 6) is -0.914. The van der Waals surface area contributed by atoms with E-state index >= 15 is 0 Å². The summed E-state index contributed by atoms with van der Waals surface area (Å²) in [6, 6.07) is 42.4. The molecule has 6 rings (SSSR count). The Hall–Kier alpha value is -4.96. The van der Waals surface area contributed by atoms with Crippen LogP contribution in [-0.2, 0) is 30.6 Å². The van der Waals surface area contributed by atoms with Crippen LogP contribution in [0.4, 0.5) is 0 Å². The van der Waals surface area contributed by atoms with Gasteiger partial charge < -0.3 is 14.0 Å². The molecule has 9 heteroatoms. The number of benzene rings is 6. The van der Waals surface area contributed by atoms with Gasteiger partial charge in [0.15, 0.2) is 14.7 Å². The summed E-state index contributed by atoms with van der Waals surface area (Å²) in [6.07, 6.45) is 0. The molecule has 6 aromatic carbocycles. The van der Waals surface area contributed by atoms with Crippen LogP contribution in [0.25, 0.3) is 21.5 Å². The molecule has 0 N–H and O–H groups in total. The van der Waals surface area contributed by atoms with Crippen LogP contribution >= 0.6 is 0 Å². The number of hydrogen-bond donors (Lipinski definition) is 0. The fraction of sp³-hybridized carbons (Fsp3) is 0.0556. The van der Waals surface area contributed by atoms with Gasteiger partial charge in [0.2, 0.25) is 0 Å². The third-order valence-corrected chi connectivity index (χ3v) is 9.68. The number of hydrogen-bond acceptors (Lipinski definition) is 7. The highest BCUT2D eigenvalue weighted by Crippen LogP contribution is 2.43. The van der Waals surface area contributed by atoms with Gasteiger partial charge in [-0.3, -0.25) is 9.59 Å². The zero-order valence-electron chi connectivity index (χ0n) is 24.4. The van der Waals surface area contributed by atoms with E-state index in [0.717, 1.165) is 12.1 Å². The lowest BCUT2D eigenvalue weighted by molar-refractivity contribution is -0.132. The molecule has 6 aromatic rings. The van der Waals surface area contributed by atoms with E-state index in [1.54, 1.807) is 24.3 Å². The first-order valence-corrected chi connectivity index (χ1v) is 16.5. The van der Waals surface area contributed by atoms with E-state index in [2.05, 4.69) is 91.0 Å². The van der Waals surface area contributed by atoms with Crippen molar-refractivity contribution in [1.82, 2.24) is 0 Å². The van der Waals surface area contributed by atoms with Crippen molar-refractivity contribution >= 4 is 54.5 Å². The summed E-state index contributed by atoms with van der Waals surface area (Å²) in [5, 5.41) is 1.45. The minimum Gasteiger partial charge on any atom is -0.744 e. The quantitative estimate of drug-likeness (QED) is 0.0611. The average Bonchev–Trinajstić information content (AvgIpc) is 3.03. The maximum Gasteiger partial charge on any atom is 0.308 e. The molecule has 0 unspecified atom stereocenters. The Balaban J connectivity index is 0.000000186. The average molecular weight is 637 g/mol. The predicted molar refractivity (Wildman–Crippen MR) is 174 cm³/mol. The number of carbonyl (C=O) groups is 2. The molecule has 45 heavy (non-hydrogen) atoms. The van der Waals surface area contributed by atoms with Crippen LogP contribution in [0, 0.1) is 0 Å². The van der Waals surface area contributed by atoms with Gasteiger partial charge in [0.1, 0.15) is 21.6 Å². The van der Waals surface area contributed by atoms with E-state index in [1.807, 2.05) is 0 Å². The van der Waals surface area contributed by atoms with Crippen molar-refractivity contribution in [2.75, 3.05) is 0 Å². The smallest absolute Gasteiger partial charge is 0.308 e. The Morgan fingerprint density at radius 1 is 0.533 bits per heavy atom. The zero-order chi connectivity index (χ0) is 32.0. The Kier molecular flexibility index (Phi) is 9.63. The highest BCUT2D eigenvalue weighted by Gasteiger charge is 2.27. The van der Waals surface area contributed by atoms with Gasteiger partial charge in [0.25, 0.3) is 0 Å². The molecular formula is C36H28O7S2. The van der Waals surface area contributed by atoms with Crippen molar-refractivity contribution in [3.63, 3.8) is 0 Å². The van der Waals surface area contributed by atoms with E-state index in [1.165, 1.54) is 34.6 Å². The minimum atomic E-state index is -4.73. The van der Waals surface area contributed by atoms with Gasteiger partial charge in [-0.15, -0.1) is 0 Å². The van der Waals surface area contributed by atoms with E-state index in [9.17, 15) is 22.6 Å². The number of fused-ring (bicyclic) bond motifs is 2. The van der Waals surface area contributed by atoms with Gasteiger partial charge in [-0.25, -0.2) is 8.42 Å². The van der Waals surface area contributed by atoms with Crippen LogP contribution in [0.1, 0.15) is 13.8 Å². The molecule has 0 aliphatic rings. The summed E-state index contributed by atoms with van der Waals surface area (Å²) < 4.78 is 44.8. The third-order valence-electron chi connectivity index (χ3n) is 6.61. The molecule has 0 saturated carbocycles. The predicted octanol–water partition coefficient (Wildman–Crippen LogP) is 7.53. The molecule has 226 valence electrons. The van der Waals surface area contributed by atoms with Crippen molar-refractivity contribution in [3.8, 4) is 11.5 Å². The van der Waals surface area contributed by atoms with Crippen LogP contribution in [0.15, 0.2) is 153 Å². The van der Waals surface area contributed by atoms with Crippen molar-refractivity contribution in [2.45, 2.75) is 33.4 Å². The van der Waals surface area contributed by atoms with Gasteiger partial charge in [-0.2, -0.15) is 0 Å². The van der Waals surface area contributed by atoms with Crippen LogP contribution < -0.4 is 9.47 Å². The zero-order valence-corrected chi connectivity index (χ0v) is 26.0. The van der Waals surface area contributed by atoms with E-state index < -0.39 is 27.0 Å². The molecule has 0 radical (unpaired) electrons. The molecule has 7 nitrogen and oxygen atoms in total. The maximum absolute atomic E-state index is 11.6. The van der Waals surface area contributed by atoms with E-state index in [0.29, 0.717) is 16.2 Å². The van der Waals surface area contributed by atoms with Gasteiger partial charge in [0.05, 0.1) is 15.8 Å². The van der Waals surface area contributed by atoms with Crippen LogP contribution in [0.3, 0.4) is 0 Å². The normalized spacial score (nSPS) is 11.1. The minimum absolute atomic E-state index is 0.0146. The Bertz CT molecular complexity index is 1990. The number of esters is 2. The number of ether oxygens (including phenoxy) is 2. The lowest BCUT2D eigenvalue weighted by Gasteiger charge is -2.17. The first kappa shape index (κ1) is 31.5. The number of rotatable bonds is 6. The molecule has 0 saturated heterocycles. The highest BCUT2D eigenvalue weighted by atomic mass is 32.2. The van der Waals surface area contributed by atoms with Crippen LogP contribution in [-0.4, -0.2) is 24.9 Å². The monoisotopic (exact) mass is 636 g/mol. The second-order valence-corrected chi connectivity index (χ2v) is 13.2. The highest BCUT2D eigenvalue weighted by molar-refractivity contribution is 7.97. The van der Waals surface area contributed by atoms with Gasteiger partial charge >= 0.3 is 11.9 Å². The Morgan fingerprint density at radius 3 is 1.27 bits per heavy atom. The van der Waals surface area contributed by atoms with Crippen molar-refractivity contribution < 1.29 is 32.0 Å². The second kappa shape index (κ2) is 13.8.